The number of hydrogen-bond donors (Lipinski definition) is 1. The lowest BCUT2D eigenvalue weighted by Crippen LogP contribution is -2.23. The van der Waals surface area contributed by atoms with Gasteiger partial charge in [0.2, 0.25) is 0 Å². The van der Waals surface area contributed by atoms with E-state index in [1.807, 2.05) is 0 Å². The van der Waals surface area contributed by atoms with E-state index < -0.39 is 51.1 Å². The maximum Gasteiger partial charge on any atom is 0.433 e. The van der Waals surface area contributed by atoms with Crippen LogP contribution in [-0.2, 0) is 34.0 Å². The summed E-state index contributed by atoms with van der Waals surface area (Å²) in [5, 5.41) is 1.91. The average molecular weight is 515 g/mol. The number of alkyl halides is 6. The van der Waals surface area contributed by atoms with Crippen molar-refractivity contribution in [1.29, 1.82) is 0 Å². The van der Waals surface area contributed by atoms with Gasteiger partial charge in [-0.25, -0.2) is 4.98 Å². The molecule has 1 aliphatic rings. The second kappa shape index (κ2) is 10.8. The molecule has 1 aromatic carbocycles. The lowest BCUT2D eigenvalue weighted by atomic mass is 10.00. The first-order valence-electron chi connectivity index (χ1n) is 9.47. The Labute approximate surface area is 190 Å². The van der Waals surface area contributed by atoms with Gasteiger partial charge in [0, 0.05) is 23.4 Å². The van der Waals surface area contributed by atoms with Gasteiger partial charge in [0.1, 0.15) is 10.7 Å². The van der Waals surface area contributed by atoms with E-state index in [4.69, 9.17) is 0 Å². The topological polar surface area (TPSA) is 76.1 Å². The van der Waals surface area contributed by atoms with Gasteiger partial charge in [-0.1, -0.05) is 12.5 Å². The molecule has 0 saturated heterocycles. The Balaban J connectivity index is 0.000000234. The smallest absolute Gasteiger partial charge is 0.355 e. The highest BCUT2D eigenvalue weighted by atomic mass is 32.2. The first-order chi connectivity index (χ1) is 15.3. The van der Waals surface area contributed by atoms with Crippen LogP contribution in [0, 0.1) is 0 Å². The zero-order valence-electron chi connectivity index (χ0n) is 17.4. The number of pyridine rings is 1. The summed E-state index contributed by atoms with van der Waals surface area (Å²) in [6.07, 6.45) is -5.11. The van der Waals surface area contributed by atoms with E-state index in [0.29, 0.717) is 11.0 Å². The number of nitrogens with zero attached hydrogens (tertiary/aromatic N) is 1. The van der Waals surface area contributed by atoms with Crippen molar-refractivity contribution in [2.75, 3.05) is 13.3 Å². The largest absolute Gasteiger partial charge is 0.433 e. The van der Waals surface area contributed by atoms with Gasteiger partial charge >= 0.3 is 12.4 Å². The molecule has 1 aromatic heterocycles. The number of halogens is 6. The molecule has 33 heavy (non-hydrogen) atoms. The molecule has 1 aliphatic carbocycles. The molecule has 2 aromatic rings. The third-order valence-electron chi connectivity index (χ3n) is 4.64. The molecule has 2 atom stereocenters. The summed E-state index contributed by atoms with van der Waals surface area (Å²) in [4.78, 5) is 14.9. The van der Waals surface area contributed by atoms with E-state index >= 15 is 0 Å². The SMILES string of the molecule is CNC(=O)c1ccc(C(F)(F)F)nc1S(C)=O.O=S(c1cccc(C(F)(F)F)c1)C1CCC1. The van der Waals surface area contributed by atoms with Crippen molar-refractivity contribution in [1.82, 2.24) is 10.3 Å². The predicted octanol–water partition coefficient (Wildman–Crippen LogP) is 4.56. The fourth-order valence-corrected chi connectivity index (χ4v) is 5.00. The van der Waals surface area contributed by atoms with E-state index in [1.165, 1.54) is 19.2 Å². The van der Waals surface area contributed by atoms with Crippen molar-refractivity contribution in [3.05, 3.63) is 53.2 Å². The molecule has 182 valence electrons. The second-order valence-corrected chi connectivity index (χ2v) is 9.98. The fraction of sp³-hybridized carbons (Fsp3) is 0.400. The number of benzene rings is 1. The summed E-state index contributed by atoms with van der Waals surface area (Å²) >= 11 is 0. The number of carbonyl (C=O) groups is 1. The van der Waals surface area contributed by atoms with Crippen molar-refractivity contribution < 1.29 is 39.6 Å². The van der Waals surface area contributed by atoms with Crippen molar-refractivity contribution in [3.8, 4) is 0 Å². The van der Waals surface area contributed by atoms with E-state index in [2.05, 4.69) is 10.3 Å². The summed E-state index contributed by atoms with van der Waals surface area (Å²) in [7, 11) is -1.74. The van der Waals surface area contributed by atoms with Crippen LogP contribution in [0.1, 0.15) is 40.9 Å². The second-order valence-electron chi connectivity index (χ2n) is 6.96. The highest BCUT2D eigenvalue weighted by molar-refractivity contribution is 7.85. The van der Waals surface area contributed by atoms with Crippen molar-refractivity contribution in [2.24, 2.45) is 0 Å². The highest BCUT2D eigenvalue weighted by Crippen LogP contribution is 2.33. The van der Waals surface area contributed by atoms with E-state index in [-0.39, 0.29) is 15.8 Å². The summed E-state index contributed by atoms with van der Waals surface area (Å²) in [6, 6.07) is 6.46. The predicted molar refractivity (Wildman–Crippen MR) is 110 cm³/mol. The molecule has 1 fully saturated rings. The van der Waals surface area contributed by atoms with Gasteiger partial charge < -0.3 is 5.32 Å². The van der Waals surface area contributed by atoms with Crippen molar-refractivity contribution in [3.63, 3.8) is 0 Å². The van der Waals surface area contributed by atoms with Gasteiger partial charge in [-0.3, -0.25) is 13.2 Å². The zero-order valence-corrected chi connectivity index (χ0v) is 19.1. The van der Waals surface area contributed by atoms with Crippen LogP contribution in [0.3, 0.4) is 0 Å². The lowest BCUT2D eigenvalue weighted by molar-refractivity contribution is -0.141. The molecular weight excluding hydrogens is 494 g/mol. The molecule has 1 saturated carbocycles. The maximum absolute atomic E-state index is 12.4. The lowest BCUT2D eigenvalue weighted by Gasteiger charge is -2.24. The van der Waals surface area contributed by atoms with Gasteiger partial charge in [-0.05, 0) is 43.2 Å². The normalized spacial score (nSPS) is 16.1. The van der Waals surface area contributed by atoms with Crippen molar-refractivity contribution in [2.45, 2.75) is 46.8 Å². The summed E-state index contributed by atoms with van der Waals surface area (Å²) in [5.41, 5.74) is -2.02. The number of hydrogen-bond acceptors (Lipinski definition) is 4. The molecule has 3 rings (SSSR count). The van der Waals surface area contributed by atoms with Crippen LogP contribution in [0.2, 0.25) is 0 Å². The minimum atomic E-state index is -4.63. The van der Waals surface area contributed by atoms with Crippen LogP contribution >= 0.6 is 0 Å². The molecule has 13 heteroatoms. The molecule has 0 spiro atoms. The van der Waals surface area contributed by atoms with E-state index in [0.717, 1.165) is 43.7 Å². The van der Waals surface area contributed by atoms with Crippen LogP contribution in [0.5, 0.6) is 0 Å². The minimum absolute atomic E-state index is 0.0449. The Hall–Kier alpha value is -2.28. The Bertz CT molecular complexity index is 1050. The number of carbonyl (C=O) groups excluding carboxylic acids is 1. The minimum Gasteiger partial charge on any atom is -0.355 e. The Morgan fingerprint density at radius 2 is 1.67 bits per heavy atom. The van der Waals surface area contributed by atoms with Gasteiger partial charge in [-0.15, -0.1) is 0 Å². The van der Waals surface area contributed by atoms with Gasteiger partial charge in [-0.2, -0.15) is 26.3 Å². The fourth-order valence-electron chi connectivity index (χ4n) is 2.70. The average Bonchev–Trinajstić information content (AvgIpc) is 2.70. The summed E-state index contributed by atoms with van der Waals surface area (Å²) in [5.74, 6) is -0.628. The molecule has 1 heterocycles. The van der Waals surface area contributed by atoms with Gasteiger partial charge in [0.15, 0.2) is 0 Å². The number of nitrogens with one attached hydrogen (secondary N) is 1. The number of aromatic nitrogens is 1. The molecule has 0 aliphatic heterocycles. The van der Waals surface area contributed by atoms with E-state index in [9.17, 15) is 39.6 Å². The van der Waals surface area contributed by atoms with Crippen molar-refractivity contribution >= 4 is 27.5 Å². The highest BCUT2D eigenvalue weighted by Gasteiger charge is 2.34. The first kappa shape index (κ1) is 27.0. The molecule has 0 bridgehead atoms. The molecular formula is C20H20F6N2O3S2. The van der Waals surface area contributed by atoms with Crippen LogP contribution < -0.4 is 5.32 Å². The van der Waals surface area contributed by atoms with E-state index in [1.54, 1.807) is 0 Å². The molecule has 1 amide bonds. The third kappa shape index (κ3) is 7.10. The number of rotatable bonds is 4. The standard InChI is InChI=1S/C11H11F3OS.C9H9F3N2O2S/c12-11(13,14)8-3-1-6-10(7-8)16(15)9-4-2-5-9;1-13-7(15)5-3-4-6(9(10,11)12)14-8(5)17(2)16/h1,3,6-7,9H,2,4-5H2;3-4H,1-2H3,(H,13,15). The summed E-state index contributed by atoms with van der Waals surface area (Å²) < 4.78 is 97.6. The Morgan fingerprint density at radius 1 is 1.03 bits per heavy atom. The van der Waals surface area contributed by atoms with Crippen LogP contribution in [-0.4, -0.2) is 37.9 Å². The molecule has 1 N–H and O–H groups in total. The van der Waals surface area contributed by atoms with Gasteiger partial charge in [0.25, 0.3) is 5.91 Å². The summed E-state index contributed by atoms with van der Waals surface area (Å²) in [6.45, 7) is 0. The number of amides is 1. The molecule has 0 radical (unpaired) electrons. The maximum atomic E-state index is 12.4. The first-order valence-corrected chi connectivity index (χ1v) is 12.2. The Morgan fingerprint density at radius 3 is 2.12 bits per heavy atom. The van der Waals surface area contributed by atoms with Crippen LogP contribution in [0.4, 0.5) is 26.3 Å². The Kier molecular flexibility index (Phi) is 8.80. The quantitative estimate of drug-likeness (QED) is 0.607. The monoisotopic (exact) mass is 514 g/mol. The van der Waals surface area contributed by atoms with Crippen LogP contribution in [0.15, 0.2) is 46.3 Å². The molecule has 2 unspecified atom stereocenters. The molecule has 5 nitrogen and oxygen atoms in total. The third-order valence-corrected chi connectivity index (χ3v) is 7.29. The van der Waals surface area contributed by atoms with Gasteiger partial charge in [0.05, 0.1) is 32.7 Å². The van der Waals surface area contributed by atoms with Crippen LogP contribution in [0.25, 0.3) is 0 Å². The zero-order chi connectivity index (χ0) is 25.0.